The number of aryl methyl sites for hydroxylation is 1. The molecule has 2 aromatic heterocycles. The van der Waals surface area contributed by atoms with E-state index in [1.54, 1.807) is 19.5 Å². The van der Waals surface area contributed by atoms with Gasteiger partial charge < -0.3 is 10.1 Å². The molecule has 146 valence electrons. The van der Waals surface area contributed by atoms with E-state index < -0.39 is 0 Å². The Labute approximate surface area is 168 Å². The minimum Gasteiger partial charge on any atom is -0.383 e. The molecule has 0 saturated carbocycles. The van der Waals surface area contributed by atoms with E-state index in [2.05, 4.69) is 27.4 Å². The fourth-order valence-corrected chi connectivity index (χ4v) is 3.41. The highest BCUT2D eigenvalue weighted by atomic mass is 32.2. The van der Waals surface area contributed by atoms with Gasteiger partial charge in [0.25, 0.3) is 0 Å². The third kappa shape index (κ3) is 5.17. The summed E-state index contributed by atoms with van der Waals surface area (Å²) >= 11 is 1.35. The third-order valence-corrected chi connectivity index (χ3v) is 5.12. The van der Waals surface area contributed by atoms with Crippen LogP contribution in [0.5, 0.6) is 0 Å². The van der Waals surface area contributed by atoms with Crippen LogP contribution >= 0.6 is 11.8 Å². The predicted octanol–water partition coefficient (Wildman–Crippen LogP) is 3.28. The highest BCUT2D eigenvalue weighted by Gasteiger charge is 2.15. The normalized spacial score (nSPS) is 10.8. The number of pyridine rings is 1. The monoisotopic (exact) mass is 397 g/mol. The van der Waals surface area contributed by atoms with Crippen LogP contribution in [0.25, 0.3) is 11.4 Å². The van der Waals surface area contributed by atoms with Crippen LogP contribution < -0.4 is 5.32 Å². The number of nitrogens with one attached hydrogen (secondary N) is 1. The lowest BCUT2D eigenvalue weighted by molar-refractivity contribution is -0.113. The SMILES string of the molecule is CCc1ccc(NC(=O)CSc2nnc(-c3ccncc3)n2CCOC)cc1. The zero-order valence-corrected chi connectivity index (χ0v) is 16.8. The summed E-state index contributed by atoms with van der Waals surface area (Å²) in [7, 11) is 1.65. The van der Waals surface area contributed by atoms with Gasteiger partial charge in [-0.1, -0.05) is 30.8 Å². The Balaban J connectivity index is 1.67. The highest BCUT2D eigenvalue weighted by molar-refractivity contribution is 7.99. The molecule has 0 unspecified atom stereocenters. The Morgan fingerprint density at radius 2 is 1.89 bits per heavy atom. The summed E-state index contributed by atoms with van der Waals surface area (Å²) in [6, 6.07) is 11.6. The Bertz CT molecular complexity index is 897. The van der Waals surface area contributed by atoms with E-state index in [0.717, 1.165) is 23.5 Å². The van der Waals surface area contributed by atoms with Crippen molar-refractivity contribution in [2.75, 3.05) is 24.8 Å². The molecule has 3 aromatic rings. The molecular weight excluding hydrogens is 374 g/mol. The Hall–Kier alpha value is -2.71. The molecule has 0 fully saturated rings. The molecule has 1 N–H and O–H groups in total. The van der Waals surface area contributed by atoms with Crippen LogP contribution in [-0.4, -0.2) is 45.1 Å². The van der Waals surface area contributed by atoms with Crippen molar-refractivity contribution in [2.24, 2.45) is 0 Å². The van der Waals surface area contributed by atoms with Gasteiger partial charge in [-0.3, -0.25) is 14.3 Å². The summed E-state index contributed by atoms with van der Waals surface area (Å²) in [5, 5.41) is 12.2. The molecule has 0 atom stereocenters. The molecule has 1 aromatic carbocycles. The molecule has 0 bridgehead atoms. The number of methoxy groups -OCH3 is 1. The number of aromatic nitrogens is 4. The summed E-state index contributed by atoms with van der Waals surface area (Å²) in [5.41, 5.74) is 2.95. The molecule has 0 aliphatic carbocycles. The second-order valence-electron chi connectivity index (χ2n) is 6.07. The number of anilines is 1. The van der Waals surface area contributed by atoms with Gasteiger partial charge in [0.1, 0.15) is 0 Å². The molecule has 0 aliphatic heterocycles. The average molecular weight is 398 g/mol. The fraction of sp³-hybridized carbons (Fsp3) is 0.300. The first-order chi connectivity index (χ1) is 13.7. The smallest absolute Gasteiger partial charge is 0.234 e. The second kappa shape index (κ2) is 10.0. The molecule has 0 saturated heterocycles. The highest BCUT2D eigenvalue weighted by Crippen LogP contribution is 2.23. The lowest BCUT2D eigenvalue weighted by Gasteiger charge is -2.10. The standard InChI is InChI=1S/C20H23N5O2S/c1-3-15-4-6-17(7-5-15)22-18(26)14-28-20-24-23-19(25(20)12-13-27-2)16-8-10-21-11-9-16/h4-11H,3,12-14H2,1-2H3,(H,22,26). The molecule has 8 heteroatoms. The summed E-state index contributed by atoms with van der Waals surface area (Å²) in [5.74, 6) is 0.898. The first-order valence-corrected chi connectivity index (χ1v) is 10.0. The maximum Gasteiger partial charge on any atom is 0.234 e. The van der Waals surface area contributed by atoms with Gasteiger partial charge in [0.2, 0.25) is 5.91 Å². The van der Waals surface area contributed by atoms with E-state index in [4.69, 9.17) is 4.74 Å². The minimum atomic E-state index is -0.0824. The molecule has 0 aliphatic rings. The molecule has 1 amide bonds. The van der Waals surface area contributed by atoms with E-state index in [9.17, 15) is 4.79 Å². The van der Waals surface area contributed by atoms with Gasteiger partial charge >= 0.3 is 0 Å². The van der Waals surface area contributed by atoms with E-state index in [1.165, 1.54) is 17.3 Å². The van der Waals surface area contributed by atoms with Crippen LogP contribution in [0.1, 0.15) is 12.5 Å². The van der Waals surface area contributed by atoms with E-state index in [0.29, 0.717) is 18.3 Å². The number of rotatable bonds is 9. The molecular formula is C20H23N5O2S. The summed E-state index contributed by atoms with van der Waals surface area (Å²) < 4.78 is 7.17. The third-order valence-electron chi connectivity index (χ3n) is 4.15. The number of thioether (sulfide) groups is 1. The van der Waals surface area contributed by atoms with Crippen molar-refractivity contribution in [2.45, 2.75) is 25.0 Å². The number of benzene rings is 1. The number of amides is 1. The first kappa shape index (κ1) is 20.0. The zero-order chi connectivity index (χ0) is 19.8. The van der Waals surface area contributed by atoms with Crippen molar-refractivity contribution in [1.29, 1.82) is 0 Å². The number of carbonyl (C=O) groups is 1. The molecule has 0 radical (unpaired) electrons. The minimum absolute atomic E-state index is 0.0824. The summed E-state index contributed by atoms with van der Waals surface area (Å²) in [6.07, 6.45) is 4.41. The zero-order valence-electron chi connectivity index (χ0n) is 16.0. The lowest BCUT2D eigenvalue weighted by atomic mass is 10.1. The average Bonchev–Trinajstić information content (AvgIpc) is 3.14. The van der Waals surface area contributed by atoms with E-state index >= 15 is 0 Å². The second-order valence-corrected chi connectivity index (χ2v) is 7.02. The Kier molecular flexibility index (Phi) is 7.16. The number of nitrogens with zero attached hydrogens (tertiary/aromatic N) is 4. The van der Waals surface area contributed by atoms with Crippen molar-refractivity contribution in [3.05, 3.63) is 54.4 Å². The fourth-order valence-electron chi connectivity index (χ4n) is 2.65. The van der Waals surface area contributed by atoms with Gasteiger partial charge in [-0.15, -0.1) is 10.2 Å². The van der Waals surface area contributed by atoms with Gasteiger partial charge in [0.15, 0.2) is 11.0 Å². The molecule has 28 heavy (non-hydrogen) atoms. The van der Waals surface area contributed by atoms with Crippen molar-refractivity contribution < 1.29 is 9.53 Å². The van der Waals surface area contributed by atoms with Crippen LogP contribution in [0.3, 0.4) is 0 Å². The van der Waals surface area contributed by atoms with E-state index in [1.807, 2.05) is 41.0 Å². The van der Waals surface area contributed by atoms with Crippen LogP contribution in [-0.2, 0) is 22.5 Å². The maximum atomic E-state index is 12.3. The van der Waals surface area contributed by atoms with Crippen LogP contribution in [0, 0.1) is 0 Å². The number of hydrogen-bond acceptors (Lipinski definition) is 6. The van der Waals surface area contributed by atoms with Crippen LogP contribution in [0.4, 0.5) is 5.69 Å². The van der Waals surface area contributed by atoms with Crippen molar-refractivity contribution >= 4 is 23.4 Å². The Morgan fingerprint density at radius 1 is 1.14 bits per heavy atom. The van der Waals surface area contributed by atoms with Crippen molar-refractivity contribution in [3.63, 3.8) is 0 Å². The maximum absolute atomic E-state index is 12.3. The lowest BCUT2D eigenvalue weighted by Crippen LogP contribution is -2.15. The number of carbonyl (C=O) groups excluding carboxylic acids is 1. The molecule has 3 rings (SSSR count). The Morgan fingerprint density at radius 3 is 2.57 bits per heavy atom. The first-order valence-electron chi connectivity index (χ1n) is 9.05. The van der Waals surface area contributed by atoms with Gasteiger partial charge in [0, 0.05) is 30.8 Å². The molecule has 0 spiro atoms. The van der Waals surface area contributed by atoms with Crippen LogP contribution in [0.15, 0.2) is 53.9 Å². The van der Waals surface area contributed by atoms with Crippen LogP contribution in [0.2, 0.25) is 0 Å². The largest absolute Gasteiger partial charge is 0.383 e. The topological polar surface area (TPSA) is 81.9 Å². The summed E-state index contributed by atoms with van der Waals surface area (Å²) in [6.45, 7) is 3.23. The van der Waals surface area contributed by atoms with Gasteiger partial charge in [-0.25, -0.2) is 0 Å². The number of hydrogen-bond donors (Lipinski definition) is 1. The van der Waals surface area contributed by atoms with Gasteiger partial charge in [-0.05, 0) is 36.2 Å². The van der Waals surface area contributed by atoms with Gasteiger partial charge in [0.05, 0.1) is 18.9 Å². The number of ether oxygens (including phenoxy) is 1. The summed E-state index contributed by atoms with van der Waals surface area (Å²) in [4.78, 5) is 16.4. The van der Waals surface area contributed by atoms with Crippen molar-refractivity contribution in [1.82, 2.24) is 19.7 Å². The van der Waals surface area contributed by atoms with Gasteiger partial charge in [-0.2, -0.15) is 0 Å². The van der Waals surface area contributed by atoms with Crippen molar-refractivity contribution in [3.8, 4) is 11.4 Å². The molecule has 2 heterocycles. The predicted molar refractivity (Wildman–Crippen MR) is 110 cm³/mol. The van der Waals surface area contributed by atoms with E-state index in [-0.39, 0.29) is 11.7 Å². The quantitative estimate of drug-likeness (QED) is 0.558. The molecule has 7 nitrogen and oxygen atoms in total.